The second-order valence-electron chi connectivity index (χ2n) is 2.96. The van der Waals surface area contributed by atoms with Gasteiger partial charge < -0.3 is 9.47 Å². The maximum Gasteiger partial charge on any atom is 0.191 e. The topological polar surface area (TPSA) is 35.5 Å². The second-order valence-corrected chi connectivity index (χ2v) is 3.88. The molecule has 15 heavy (non-hydrogen) atoms. The summed E-state index contributed by atoms with van der Waals surface area (Å²) in [6, 6.07) is 5.08. The molecule has 78 valence electrons. The maximum atomic E-state index is 11.7. The summed E-state index contributed by atoms with van der Waals surface area (Å²) in [7, 11) is 3.14. The van der Waals surface area contributed by atoms with Crippen molar-refractivity contribution in [3.8, 4) is 11.5 Å². The Balaban J connectivity index is 2.93. The highest BCUT2D eigenvalue weighted by atomic mass is 32.1. The monoisotopic (exact) mass is 222 g/mol. The summed E-state index contributed by atoms with van der Waals surface area (Å²) in [5, 5.41) is 2.34. The first-order chi connectivity index (χ1) is 7.27. The number of hydrogen-bond donors (Lipinski definition) is 0. The highest BCUT2D eigenvalue weighted by molar-refractivity contribution is 7.17. The summed E-state index contributed by atoms with van der Waals surface area (Å²) in [5.41, 5.74) is -0.0421. The van der Waals surface area contributed by atoms with Crippen molar-refractivity contribution in [1.29, 1.82) is 0 Å². The number of fused-ring (bicyclic) bond motifs is 1. The number of methoxy groups -OCH3 is 2. The Morgan fingerprint density at radius 1 is 1.07 bits per heavy atom. The fraction of sp³-hybridized carbons (Fsp3) is 0.182. The van der Waals surface area contributed by atoms with Crippen molar-refractivity contribution >= 4 is 21.4 Å². The lowest BCUT2D eigenvalue weighted by Crippen LogP contribution is -2.00. The Morgan fingerprint density at radius 2 is 1.73 bits per heavy atom. The molecular formula is C11H10O3S. The molecule has 0 fully saturated rings. The SMILES string of the molecule is COc1ccc(OC)c2c(=O)ccsc12. The first-order valence-corrected chi connectivity index (χ1v) is 5.28. The van der Waals surface area contributed by atoms with Gasteiger partial charge >= 0.3 is 0 Å². The van der Waals surface area contributed by atoms with Crippen molar-refractivity contribution in [3.63, 3.8) is 0 Å². The van der Waals surface area contributed by atoms with Crippen LogP contribution in [0.2, 0.25) is 0 Å². The molecule has 0 aliphatic carbocycles. The van der Waals surface area contributed by atoms with Crippen LogP contribution in [0.3, 0.4) is 0 Å². The molecule has 1 aromatic carbocycles. The lowest BCUT2D eigenvalue weighted by atomic mass is 10.2. The van der Waals surface area contributed by atoms with E-state index >= 15 is 0 Å². The first-order valence-electron chi connectivity index (χ1n) is 4.40. The summed E-state index contributed by atoms with van der Waals surface area (Å²) in [4.78, 5) is 11.7. The summed E-state index contributed by atoms with van der Waals surface area (Å²) in [6.45, 7) is 0. The molecule has 0 bridgehead atoms. The van der Waals surface area contributed by atoms with Gasteiger partial charge in [-0.2, -0.15) is 0 Å². The van der Waals surface area contributed by atoms with Crippen LogP contribution in [0.5, 0.6) is 11.5 Å². The predicted octanol–water partition coefficient (Wildman–Crippen LogP) is 2.28. The largest absolute Gasteiger partial charge is 0.496 e. The van der Waals surface area contributed by atoms with E-state index in [1.807, 2.05) is 0 Å². The molecule has 3 nitrogen and oxygen atoms in total. The van der Waals surface area contributed by atoms with E-state index in [-0.39, 0.29) is 5.43 Å². The molecule has 2 rings (SSSR count). The van der Waals surface area contributed by atoms with Crippen LogP contribution in [0.15, 0.2) is 28.4 Å². The molecule has 0 N–H and O–H groups in total. The standard InChI is InChI=1S/C11H10O3S/c1-13-8-3-4-9(14-2)11-10(8)7(12)5-6-15-11/h3-6H,1-2H3. The lowest BCUT2D eigenvalue weighted by Gasteiger charge is -2.07. The van der Waals surface area contributed by atoms with Gasteiger partial charge in [-0.3, -0.25) is 4.79 Å². The van der Waals surface area contributed by atoms with E-state index < -0.39 is 0 Å². The third kappa shape index (κ3) is 1.57. The molecule has 0 spiro atoms. The van der Waals surface area contributed by atoms with E-state index in [1.54, 1.807) is 31.7 Å². The zero-order valence-corrected chi connectivity index (χ0v) is 9.26. The van der Waals surface area contributed by atoms with Crippen LogP contribution >= 0.6 is 11.3 Å². The third-order valence-corrected chi connectivity index (χ3v) is 3.09. The van der Waals surface area contributed by atoms with Crippen LogP contribution in [-0.4, -0.2) is 14.2 Å². The molecule has 0 saturated carbocycles. The molecule has 0 radical (unpaired) electrons. The Bertz CT molecular complexity index is 545. The maximum absolute atomic E-state index is 11.7. The van der Waals surface area contributed by atoms with E-state index in [2.05, 4.69) is 0 Å². The molecule has 2 aromatic rings. The van der Waals surface area contributed by atoms with Crippen molar-refractivity contribution < 1.29 is 9.47 Å². The Labute approximate surface area is 90.9 Å². The van der Waals surface area contributed by atoms with Crippen molar-refractivity contribution in [2.45, 2.75) is 0 Å². The first kappa shape index (κ1) is 9.98. The van der Waals surface area contributed by atoms with Crippen LogP contribution in [0.4, 0.5) is 0 Å². The zero-order valence-electron chi connectivity index (χ0n) is 8.44. The predicted molar refractivity (Wildman–Crippen MR) is 61.2 cm³/mol. The van der Waals surface area contributed by atoms with Gasteiger partial charge in [0.25, 0.3) is 0 Å². The highest BCUT2D eigenvalue weighted by Gasteiger charge is 2.09. The van der Waals surface area contributed by atoms with Gasteiger partial charge in [-0.15, -0.1) is 11.3 Å². The van der Waals surface area contributed by atoms with Crippen LogP contribution in [0, 0.1) is 0 Å². The van der Waals surface area contributed by atoms with Gasteiger partial charge in [-0.25, -0.2) is 0 Å². The molecule has 4 heteroatoms. The molecule has 0 amide bonds. The third-order valence-electron chi connectivity index (χ3n) is 2.17. The van der Waals surface area contributed by atoms with Gasteiger partial charge in [0.2, 0.25) is 0 Å². The molecule has 0 aliphatic heterocycles. The van der Waals surface area contributed by atoms with Gasteiger partial charge in [0.05, 0.1) is 24.3 Å². The minimum Gasteiger partial charge on any atom is -0.496 e. The van der Waals surface area contributed by atoms with Crippen molar-refractivity contribution in [1.82, 2.24) is 0 Å². The fourth-order valence-corrected chi connectivity index (χ4v) is 2.39. The van der Waals surface area contributed by atoms with Crippen molar-refractivity contribution in [2.75, 3.05) is 14.2 Å². The van der Waals surface area contributed by atoms with E-state index in [4.69, 9.17) is 9.47 Å². The van der Waals surface area contributed by atoms with Crippen LogP contribution < -0.4 is 14.9 Å². The Kier molecular flexibility index (Phi) is 2.60. The normalized spacial score (nSPS) is 10.3. The van der Waals surface area contributed by atoms with Gasteiger partial charge in [-0.1, -0.05) is 0 Å². The summed E-state index contributed by atoms with van der Waals surface area (Å²) in [5.74, 6) is 1.29. The quantitative estimate of drug-likeness (QED) is 0.782. The van der Waals surface area contributed by atoms with Crippen LogP contribution in [0.1, 0.15) is 0 Å². The van der Waals surface area contributed by atoms with Gasteiger partial charge in [0.1, 0.15) is 11.5 Å². The van der Waals surface area contributed by atoms with Crippen LogP contribution in [-0.2, 0) is 0 Å². The van der Waals surface area contributed by atoms with E-state index in [0.29, 0.717) is 16.9 Å². The van der Waals surface area contributed by atoms with Gasteiger partial charge in [-0.05, 0) is 23.6 Å². The molecular weight excluding hydrogens is 212 g/mol. The lowest BCUT2D eigenvalue weighted by molar-refractivity contribution is 0.411. The Hall–Kier alpha value is -1.55. The summed E-state index contributed by atoms with van der Waals surface area (Å²) < 4.78 is 11.2. The molecule has 0 aliphatic rings. The minimum absolute atomic E-state index is 0.0421. The molecule has 1 aromatic heterocycles. The fourth-order valence-electron chi connectivity index (χ4n) is 1.47. The summed E-state index contributed by atoms with van der Waals surface area (Å²) in [6.07, 6.45) is 0. The summed E-state index contributed by atoms with van der Waals surface area (Å²) >= 11 is 1.47. The van der Waals surface area contributed by atoms with Gasteiger partial charge in [0, 0.05) is 0 Å². The zero-order chi connectivity index (χ0) is 10.8. The van der Waals surface area contributed by atoms with E-state index in [1.165, 1.54) is 17.4 Å². The van der Waals surface area contributed by atoms with Crippen molar-refractivity contribution in [2.24, 2.45) is 0 Å². The molecule has 1 heterocycles. The number of benzene rings is 1. The van der Waals surface area contributed by atoms with Gasteiger partial charge in [0.15, 0.2) is 5.43 Å². The van der Waals surface area contributed by atoms with E-state index in [0.717, 1.165) is 4.70 Å². The number of hydrogen-bond acceptors (Lipinski definition) is 4. The highest BCUT2D eigenvalue weighted by Crippen LogP contribution is 2.32. The van der Waals surface area contributed by atoms with E-state index in [9.17, 15) is 4.79 Å². The average molecular weight is 222 g/mol. The smallest absolute Gasteiger partial charge is 0.191 e. The molecule has 0 atom stereocenters. The molecule has 0 saturated heterocycles. The average Bonchev–Trinajstić information content (AvgIpc) is 2.28. The second kappa shape index (κ2) is 3.90. The Morgan fingerprint density at radius 3 is 2.40 bits per heavy atom. The number of ether oxygens (including phenoxy) is 2. The van der Waals surface area contributed by atoms with Crippen molar-refractivity contribution in [3.05, 3.63) is 33.8 Å². The van der Waals surface area contributed by atoms with Crippen LogP contribution in [0.25, 0.3) is 10.1 Å². The number of rotatable bonds is 2. The molecule has 0 unspecified atom stereocenters. The minimum atomic E-state index is -0.0421.